The number of halogens is 1. The van der Waals surface area contributed by atoms with E-state index in [0.29, 0.717) is 6.42 Å². The molecule has 1 atom stereocenters. The maximum atomic E-state index is 12.0. The van der Waals surface area contributed by atoms with Gasteiger partial charge in [-0.2, -0.15) is 0 Å². The number of hydrogen-bond acceptors (Lipinski definition) is 2. The molecular formula is C14H23ClN2O. The van der Waals surface area contributed by atoms with Crippen molar-refractivity contribution in [3.8, 4) is 0 Å². The summed E-state index contributed by atoms with van der Waals surface area (Å²) in [5.41, 5.74) is 1.02. The van der Waals surface area contributed by atoms with Gasteiger partial charge in [-0.25, -0.2) is 5.84 Å². The van der Waals surface area contributed by atoms with Gasteiger partial charge in [0.1, 0.15) is 0 Å². The second-order valence-corrected chi connectivity index (χ2v) is 5.63. The molecule has 1 rings (SSSR count). The van der Waals surface area contributed by atoms with E-state index in [1.54, 1.807) is 0 Å². The zero-order valence-corrected chi connectivity index (χ0v) is 12.3. The molecule has 0 heterocycles. The van der Waals surface area contributed by atoms with Gasteiger partial charge in [0, 0.05) is 6.42 Å². The van der Waals surface area contributed by atoms with E-state index in [2.05, 4.69) is 0 Å². The predicted octanol–water partition coefficient (Wildman–Crippen LogP) is 3.31. The standard InChI is InChI=1S/C14H22N2O.ClH/c1-11(12-8-6-5-7-9-12)16(15)13(17)10-14(2,3)4;/h5-9,11H,10,15H2,1-4H3;1H/t11-;/m1./s1. The first kappa shape index (κ1) is 16.9. The van der Waals surface area contributed by atoms with Crippen molar-refractivity contribution in [2.75, 3.05) is 0 Å². The van der Waals surface area contributed by atoms with Crippen LogP contribution in [0.2, 0.25) is 0 Å². The van der Waals surface area contributed by atoms with Gasteiger partial charge in [0.2, 0.25) is 5.91 Å². The van der Waals surface area contributed by atoms with Gasteiger partial charge in [-0.3, -0.25) is 9.80 Å². The summed E-state index contributed by atoms with van der Waals surface area (Å²) in [6.45, 7) is 8.04. The number of nitrogens with zero attached hydrogens (tertiary/aromatic N) is 1. The molecule has 0 unspecified atom stereocenters. The summed E-state index contributed by atoms with van der Waals surface area (Å²) in [4.78, 5) is 12.0. The van der Waals surface area contributed by atoms with E-state index in [-0.39, 0.29) is 29.8 Å². The van der Waals surface area contributed by atoms with E-state index in [0.717, 1.165) is 5.56 Å². The summed E-state index contributed by atoms with van der Waals surface area (Å²) in [6.07, 6.45) is 0.459. The van der Waals surface area contributed by atoms with Gasteiger partial charge in [-0.15, -0.1) is 12.4 Å². The second-order valence-electron chi connectivity index (χ2n) is 5.63. The third-order valence-electron chi connectivity index (χ3n) is 2.67. The minimum absolute atomic E-state index is 0. The highest BCUT2D eigenvalue weighted by atomic mass is 35.5. The van der Waals surface area contributed by atoms with Crippen LogP contribution >= 0.6 is 12.4 Å². The van der Waals surface area contributed by atoms with Crippen molar-refractivity contribution in [3.63, 3.8) is 0 Å². The number of carbonyl (C=O) groups excluding carboxylic acids is 1. The first-order valence-corrected chi connectivity index (χ1v) is 5.93. The second kappa shape index (κ2) is 6.76. The predicted molar refractivity (Wildman–Crippen MR) is 77.2 cm³/mol. The van der Waals surface area contributed by atoms with E-state index in [1.807, 2.05) is 58.0 Å². The minimum Gasteiger partial charge on any atom is -0.273 e. The molecule has 0 fully saturated rings. The zero-order valence-electron chi connectivity index (χ0n) is 11.5. The Labute approximate surface area is 116 Å². The number of hydrazine groups is 1. The van der Waals surface area contributed by atoms with Gasteiger partial charge < -0.3 is 0 Å². The fourth-order valence-corrected chi connectivity index (χ4v) is 1.65. The Morgan fingerprint density at radius 1 is 1.28 bits per heavy atom. The lowest BCUT2D eigenvalue weighted by Gasteiger charge is -2.27. The molecule has 1 aromatic carbocycles. The molecule has 0 aliphatic rings. The number of nitrogens with two attached hydrogens (primary N) is 1. The zero-order chi connectivity index (χ0) is 13.1. The van der Waals surface area contributed by atoms with Crippen LogP contribution in [0.25, 0.3) is 0 Å². The molecule has 3 nitrogen and oxygen atoms in total. The minimum atomic E-state index is -0.0916. The fourth-order valence-electron chi connectivity index (χ4n) is 1.65. The van der Waals surface area contributed by atoms with Crippen molar-refractivity contribution in [2.45, 2.75) is 40.2 Å². The van der Waals surface area contributed by atoms with Crippen LogP contribution in [0.5, 0.6) is 0 Å². The van der Waals surface area contributed by atoms with Crippen LogP contribution in [-0.2, 0) is 4.79 Å². The smallest absolute Gasteiger partial charge is 0.237 e. The molecule has 18 heavy (non-hydrogen) atoms. The van der Waals surface area contributed by atoms with Crippen LogP contribution in [-0.4, -0.2) is 10.9 Å². The van der Waals surface area contributed by atoms with E-state index >= 15 is 0 Å². The monoisotopic (exact) mass is 270 g/mol. The van der Waals surface area contributed by atoms with E-state index in [4.69, 9.17) is 5.84 Å². The number of amides is 1. The number of hydrogen-bond donors (Lipinski definition) is 1. The average molecular weight is 271 g/mol. The van der Waals surface area contributed by atoms with Gasteiger partial charge in [-0.05, 0) is 17.9 Å². The summed E-state index contributed by atoms with van der Waals surface area (Å²) in [5.74, 6) is 5.86. The molecule has 1 aromatic rings. The first-order chi connectivity index (χ1) is 7.81. The molecule has 0 radical (unpaired) electrons. The van der Waals surface area contributed by atoms with Crippen LogP contribution in [0.3, 0.4) is 0 Å². The van der Waals surface area contributed by atoms with Crippen molar-refractivity contribution < 1.29 is 4.79 Å². The Kier molecular flexibility index (Phi) is 6.36. The Hall–Kier alpha value is -1.06. The van der Waals surface area contributed by atoms with E-state index < -0.39 is 0 Å². The van der Waals surface area contributed by atoms with Crippen LogP contribution in [0, 0.1) is 5.41 Å². The maximum Gasteiger partial charge on any atom is 0.237 e. The van der Waals surface area contributed by atoms with Gasteiger partial charge in [0.15, 0.2) is 0 Å². The molecule has 0 spiro atoms. The summed E-state index contributed by atoms with van der Waals surface area (Å²) in [7, 11) is 0. The highest BCUT2D eigenvalue weighted by Gasteiger charge is 2.23. The highest BCUT2D eigenvalue weighted by molar-refractivity contribution is 5.85. The fraction of sp³-hybridized carbons (Fsp3) is 0.500. The lowest BCUT2D eigenvalue weighted by atomic mass is 9.91. The van der Waals surface area contributed by atoms with Crippen molar-refractivity contribution in [1.29, 1.82) is 0 Å². The summed E-state index contributed by atoms with van der Waals surface area (Å²) in [6, 6.07) is 9.73. The van der Waals surface area contributed by atoms with Gasteiger partial charge in [0.25, 0.3) is 0 Å². The quantitative estimate of drug-likeness (QED) is 0.520. The molecular weight excluding hydrogens is 248 g/mol. The van der Waals surface area contributed by atoms with Crippen molar-refractivity contribution in [2.24, 2.45) is 11.3 Å². The van der Waals surface area contributed by atoms with Gasteiger partial charge >= 0.3 is 0 Å². The molecule has 0 aliphatic heterocycles. The molecule has 102 valence electrons. The van der Waals surface area contributed by atoms with Crippen LogP contribution in [0.15, 0.2) is 30.3 Å². The summed E-state index contributed by atoms with van der Waals surface area (Å²) < 4.78 is 0. The molecule has 1 amide bonds. The van der Waals surface area contributed by atoms with Crippen molar-refractivity contribution in [1.82, 2.24) is 5.01 Å². The Balaban J connectivity index is 0.00000289. The van der Waals surface area contributed by atoms with E-state index in [1.165, 1.54) is 5.01 Å². The summed E-state index contributed by atoms with van der Waals surface area (Å²) >= 11 is 0. The Bertz CT molecular complexity index is 373. The van der Waals surface area contributed by atoms with Gasteiger partial charge in [-0.1, -0.05) is 51.1 Å². The van der Waals surface area contributed by atoms with Gasteiger partial charge in [0.05, 0.1) is 6.04 Å². The molecule has 0 aromatic heterocycles. The van der Waals surface area contributed by atoms with Crippen LogP contribution in [0.4, 0.5) is 0 Å². The topological polar surface area (TPSA) is 46.3 Å². The molecule has 4 heteroatoms. The third kappa shape index (κ3) is 5.07. The Morgan fingerprint density at radius 3 is 2.22 bits per heavy atom. The lowest BCUT2D eigenvalue weighted by Crippen LogP contribution is -2.41. The van der Waals surface area contributed by atoms with Crippen molar-refractivity contribution >= 4 is 18.3 Å². The van der Waals surface area contributed by atoms with Crippen molar-refractivity contribution in [3.05, 3.63) is 35.9 Å². The number of carbonyl (C=O) groups is 1. The van der Waals surface area contributed by atoms with Crippen LogP contribution < -0.4 is 5.84 Å². The lowest BCUT2D eigenvalue weighted by molar-refractivity contribution is -0.135. The van der Waals surface area contributed by atoms with Crippen LogP contribution in [0.1, 0.15) is 45.7 Å². The number of rotatable bonds is 3. The average Bonchev–Trinajstić information content (AvgIpc) is 2.26. The normalized spacial score (nSPS) is 12.5. The molecule has 0 saturated heterocycles. The maximum absolute atomic E-state index is 12.0. The summed E-state index contributed by atoms with van der Waals surface area (Å²) in [5, 5.41) is 1.33. The first-order valence-electron chi connectivity index (χ1n) is 5.93. The molecule has 0 saturated carbocycles. The van der Waals surface area contributed by atoms with E-state index in [9.17, 15) is 4.79 Å². The molecule has 2 N–H and O–H groups in total. The number of benzene rings is 1. The SMILES string of the molecule is C[C@H](c1ccccc1)N(N)C(=O)CC(C)(C)C.Cl. The molecule has 0 bridgehead atoms. The molecule has 0 aliphatic carbocycles. The Morgan fingerprint density at radius 2 is 1.78 bits per heavy atom. The largest absolute Gasteiger partial charge is 0.273 e. The third-order valence-corrected chi connectivity index (χ3v) is 2.67. The highest BCUT2D eigenvalue weighted by Crippen LogP contribution is 2.23.